The highest BCUT2D eigenvalue weighted by Gasteiger charge is 2.11. The van der Waals surface area contributed by atoms with Crippen LogP contribution in [0.4, 0.5) is 5.69 Å². The van der Waals surface area contributed by atoms with Crippen LogP contribution in [-0.4, -0.2) is 24.7 Å². The van der Waals surface area contributed by atoms with Gasteiger partial charge >= 0.3 is 0 Å². The molecule has 0 fully saturated rings. The van der Waals surface area contributed by atoms with Crippen LogP contribution in [0.2, 0.25) is 0 Å². The Morgan fingerprint density at radius 3 is 2.85 bits per heavy atom. The number of ether oxygens (including phenoxy) is 2. The van der Waals surface area contributed by atoms with E-state index in [1.54, 1.807) is 12.4 Å². The van der Waals surface area contributed by atoms with Gasteiger partial charge in [0.05, 0.1) is 10.2 Å². The molecule has 0 amide bonds. The summed E-state index contributed by atoms with van der Waals surface area (Å²) < 4.78 is 12.1. The molecule has 1 N–H and O–H groups in total. The predicted octanol–water partition coefficient (Wildman–Crippen LogP) is 3.27. The molecule has 0 spiro atoms. The largest absolute Gasteiger partial charge is 0.486 e. The van der Waals surface area contributed by atoms with Crippen molar-refractivity contribution < 1.29 is 9.47 Å². The summed E-state index contributed by atoms with van der Waals surface area (Å²) in [5.41, 5.74) is 2.28. The summed E-state index contributed by atoms with van der Waals surface area (Å²) in [6.45, 7) is 2.10. The lowest BCUT2D eigenvalue weighted by molar-refractivity contribution is 0.171. The van der Waals surface area contributed by atoms with Gasteiger partial charge in [-0.15, -0.1) is 0 Å². The van der Waals surface area contributed by atoms with Gasteiger partial charge in [0.15, 0.2) is 11.5 Å². The van der Waals surface area contributed by atoms with Crippen LogP contribution >= 0.6 is 15.9 Å². The Balaban J connectivity index is 1.60. The second-order valence-corrected chi connectivity index (χ2v) is 5.36. The summed E-state index contributed by atoms with van der Waals surface area (Å²) in [4.78, 5) is 4.04. The number of nitrogens with zero attached hydrogens (tertiary/aromatic N) is 1. The first-order chi connectivity index (χ1) is 9.83. The van der Waals surface area contributed by atoms with Crippen LogP contribution in [0, 0.1) is 0 Å². The molecule has 1 aliphatic heterocycles. The molecular formula is C15H15BrN2O2. The number of halogens is 1. The van der Waals surface area contributed by atoms with Crippen molar-refractivity contribution >= 4 is 21.6 Å². The molecule has 0 atom stereocenters. The predicted molar refractivity (Wildman–Crippen MR) is 81.6 cm³/mol. The van der Waals surface area contributed by atoms with Gasteiger partial charge in [-0.05, 0) is 46.1 Å². The minimum absolute atomic E-state index is 0.624. The van der Waals surface area contributed by atoms with Gasteiger partial charge in [0.2, 0.25) is 0 Å². The third kappa shape index (κ3) is 3.04. The molecule has 0 aliphatic carbocycles. The smallest absolute Gasteiger partial charge is 0.161 e. The van der Waals surface area contributed by atoms with Crippen LogP contribution < -0.4 is 14.8 Å². The molecule has 0 saturated heterocycles. The number of fused-ring (bicyclic) bond motifs is 1. The number of hydrogen-bond acceptors (Lipinski definition) is 4. The van der Waals surface area contributed by atoms with E-state index in [2.05, 4.69) is 38.4 Å². The second kappa shape index (κ2) is 6.13. The minimum Gasteiger partial charge on any atom is -0.486 e. The van der Waals surface area contributed by atoms with Crippen molar-refractivity contribution in [2.75, 3.05) is 25.1 Å². The van der Waals surface area contributed by atoms with E-state index in [9.17, 15) is 0 Å². The van der Waals surface area contributed by atoms with Gasteiger partial charge in [0, 0.05) is 18.9 Å². The Bertz CT molecular complexity index is 604. The van der Waals surface area contributed by atoms with E-state index in [-0.39, 0.29) is 0 Å². The summed E-state index contributed by atoms with van der Waals surface area (Å²) in [7, 11) is 0. The normalized spacial score (nSPS) is 13.1. The van der Waals surface area contributed by atoms with Crippen LogP contribution in [0.25, 0.3) is 0 Å². The average molecular weight is 335 g/mol. The summed E-state index contributed by atoms with van der Waals surface area (Å²) in [5, 5.41) is 3.38. The lowest BCUT2D eigenvalue weighted by Gasteiger charge is -2.19. The number of nitrogens with one attached hydrogen (secondary N) is 1. The molecule has 3 rings (SSSR count). The van der Waals surface area contributed by atoms with Crippen molar-refractivity contribution in [3.63, 3.8) is 0 Å². The van der Waals surface area contributed by atoms with Gasteiger partial charge < -0.3 is 14.8 Å². The van der Waals surface area contributed by atoms with Gasteiger partial charge in [-0.3, -0.25) is 4.98 Å². The third-order valence-electron chi connectivity index (χ3n) is 3.11. The van der Waals surface area contributed by atoms with E-state index >= 15 is 0 Å². The summed E-state index contributed by atoms with van der Waals surface area (Å²) in [6, 6.07) is 8.06. The van der Waals surface area contributed by atoms with Crippen LogP contribution in [-0.2, 0) is 6.42 Å². The molecule has 20 heavy (non-hydrogen) atoms. The monoisotopic (exact) mass is 334 g/mol. The number of benzene rings is 1. The highest BCUT2D eigenvalue weighted by atomic mass is 79.9. The molecule has 104 valence electrons. The zero-order valence-electron chi connectivity index (χ0n) is 10.9. The fraction of sp³-hybridized carbons (Fsp3) is 0.267. The molecule has 1 aliphatic rings. The van der Waals surface area contributed by atoms with Crippen molar-refractivity contribution in [2.45, 2.75) is 6.42 Å². The van der Waals surface area contributed by atoms with E-state index in [0.29, 0.717) is 13.2 Å². The SMILES string of the molecule is Brc1cnccc1NCCc1ccc2c(c1)OCCO2. The van der Waals surface area contributed by atoms with E-state index in [1.807, 2.05) is 12.1 Å². The lowest BCUT2D eigenvalue weighted by atomic mass is 10.1. The van der Waals surface area contributed by atoms with Gasteiger partial charge in [-0.2, -0.15) is 0 Å². The van der Waals surface area contributed by atoms with Crippen molar-refractivity contribution in [2.24, 2.45) is 0 Å². The summed E-state index contributed by atoms with van der Waals surface area (Å²) in [6.07, 6.45) is 4.48. The number of pyridine rings is 1. The number of hydrogen-bond donors (Lipinski definition) is 1. The Kier molecular flexibility index (Phi) is 4.06. The maximum absolute atomic E-state index is 5.59. The molecule has 0 unspecified atom stereocenters. The van der Waals surface area contributed by atoms with Gasteiger partial charge in [0.25, 0.3) is 0 Å². The Morgan fingerprint density at radius 2 is 2.00 bits per heavy atom. The molecule has 0 bridgehead atoms. The number of anilines is 1. The average Bonchev–Trinajstić information content (AvgIpc) is 2.49. The quantitative estimate of drug-likeness (QED) is 0.931. The van der Waals surface area contributed by atoms with Crippen molar-refractivity contribution in [3.8, 4) is 11.5 Å². The standard InChI is InChI=1S/C15H15BrN2O2/c16-12-10-17-5-4-13(12)18-6-3-11-1-2-14-15(9-11)20-8-7-19-14/h1-2,4-5,9-10H,3,6-8H2,(H,17,18). The molecule has 5 heteroatoms. The number of rotatable bonds is 4. The van der Waals surface area contributed by atoms with E-state index in [0.717, 1.165) is 34.6 Å². The first kappa shape index (κ1) is 13.2. The third-order valence-corrected chi connectivity index (χ3v) is 3.74. The molecule has 1 aromatic heterocycles. The highest BCUT2D eigenvalue weighted by Crippen LogP contribution is 2.30. The molecule has 4 nitrogen and oxygen atoms in total. The molecule has 1 aromatic carbocycles. The Hall–Kier alpha value is -1.75. The Labute approximate surface area is 126 Å². The minimum atomic E-state index is 0.624. The Morgan fingerprint density at radius 1 is 1.15 bits per heavy atom. The van der Waals surface area contributed by atoms with Crippen molar-refractivity contribution in [1.29, 1.82) is 0 Å². The van der Waals surface area contributed by atoms with Gasteiger partial charge in [0.1, 0.15) is 13.2 Å². The van der Waals surface area contributed by atoms with Crippen molar-refractivity contribution in [3.05, 3.63) is 46.7 Å². The lowest BCUT2D eigenvalue weighted by Crippen LogP contribution is -2.15. The molecular weight excluding hydrogens is 320 g/mol. The summed E-state index contributed by atoms with van der Waals surface area (Å²) >= 11 is 3.47. The number of aromatic nitrogens is 1. The second-order valence-electron chi connectivity index (χ2n) is 4.51. The van der Waals surface area contributed by atoms with E-state index in [1.165, 1.54) is 5.56 Å². The fourth-order valence-corrected chi connectivity index (χ4v) is 2.49. The van der Waals surface area contributed by atoms with Crippen LogP contribution in [0.1, 0.15) is 5.56 Å². The first-order valence-electron chi connectivity index (χ1n) is 6.55. The van der Waals surface area contributed by atoms with E-state index < -0.39 is 0 Å². The maximum Gasteiger partial charge on any atom is 0.161 e. The zero-order chi connectivity index (χ0) is 13.8. The van der Waals surface area contributed by atoms with Crippen LogP contribution in [0.3, 0.4) is 0 Å². The van der Waals surface area contributed by atoms with Crippen LogP contribution in [0.15, 0.2) is 41.1 Å². The molecule has 0 saturated carbocycles. The summed E-state index contributed by atoms with van der Waals surface area (Å²) in [5.74, 6) is 1.68. The van der Waals surface area contributed by atoms with Gasteiger partial charge in [-0.1, -0.05) is 6.07 Å². The van der Waals surface area contributed by atoms with Crippen LogP contribution in [0.5, 0.6) is 11.5 Å². The van der Waals surface area contributed by atoms with Crippen molar-refractivity contribution in [1.82, 2.24) is 4.98 Å². The topological polar surface area (TPSA) is 43.4 Å². The fourth-order valence-electron chi connectivity index (χ4n) is 2.10. The highest BCUT2D eigenvalue weighted by molar-refractivity contribution is 9.10. The van der Waals surface area contributed by atoms with E-state index in [4.69, 9.17) is 9.47 Å². The molecule has 0 radical (unpaired) electrons. The first-order valence-corrected chi connectivity index (χ1v) is 7.34. The van der Waals surface area contributed by atoms with Gasteiger partial charge in [-0.25, -0.2) is 0 Å². The molecule has 2 heterocycles. The molecule has 2 aromatic rings. The maximum atomic E-state index is 5.59. The zero-order valence-corrected chi connectivity index (χ0v) is 12.5.